The van der Waals surface area contributed by atoms with Gasteiger partial charge in [0.15, 0.2) is 12.0 Å². The molecule has 0 aliphatic heterocycles. The van der Waals surface area contributed by atoms with Gasteiger partial charge >= 0.3 is 0 Å². The zero-order valence-corrected chi connectivity index (χ0v) is 20.8. The number of hydrogen-bond donors (Lipinski definition) is 0. The molecule has 4 aromatic rings. The molecule has 1 atom stereocenters. The number of benzene rings is 1. The minimum Gasteiger partial charge on any atom is -0.618 e. The number of aromatic nitrogens is 5. The Morgan fingerprint density at radius 2 is 2.05 bits per heavy atom. The molecule has 0 unspecified atom stereocenters. The maximum atomic E-state index is 15.0. The molecule has 0 saturated heterocycles. The summed E-state index contributed by atoms with van der Waals surface area (Å²) >= 11 is 5.98. The van der Waals surface area contributed by atoms with Gasteiger partial charge in [-0.05, 0) is 24.5 Å². The molecular formula is C26H22ClFN6O3. The number of rotatable bonds is 7. The van der Waals surface area contributed by atoms with E-state index in [-0.39, 0.29) is 33.0 Å². The first kappa shape index (κ1) is 24.5. The van der Waals surface area contributed by atoms with Crippen LogP contribution < -0.4 is 15.0 Å². The summed E-state index contributed by atoms with van der Waals surface area (Å²) in [5.41, 5.74) is 1.46. The van der Waals surface area contributed by atoms with E-state index in [1.165, 1.54) is 36.2 Å². The summed E-state index contributed by atoms with van der Waals surface area (Å²) in [6.07, 6.45) is 8.95. The van der Waals surface area contributed by atoms with E-state index in [1.807, 2.05) is 6.07 Å². The zero-order chi connectivity index (χ0) is 26.3. The molecule has 3 aromatic heterocycles. The fraction of sp³-hybridized carbons (Fsp3) is 0.269. The number of aryl methyl sites for hydroxylation is 1. The summed E-state index contributed by atoms with van der Waals surface area (Å²) in [6.45, 7) is 0. The van der Waals surface area contributed by atoms with Gasteiger partial charge < -0.3 is 9.94 Å². The lowest BCUT2D eigenvalue weighted by Crippen LogP contribution is -2.36. The largest absolute Gasteiger partial charge is 0.618 e. The standard InChI is InChI=1S/C26H22ClFN6O3/c1-32-24(35)8-17(11-30-32)18-12-31-33(13-18)21(7-15-3-4-15)22-9-23(37-2)19(14-34(22)36)25-16(10-29)5-6-20(27)26(25)28/h5-6,8-9,11-15,21H,3-4,7H2,1-2H3/t21-/m0/s1. The highest BCUT2D eigenvalue weighted by atomic mass is 35.5. The molecule has 0 radical (unpaired) electrons. The van der Waals surface area contributed by atoms with Crippen LogP contribution in [0, 0.1) is 28.3 Å². The van der Waals surface area contributed by atoms with E-state index in [2.05, 4.69) is 10.2 Å². The second-order valence-electron chi connectivity index (χ2n) is 9.01. The molecule has 5 rings (SSSR count). The molecule has 9 nitrogen and oxygen atoms in total. The third-order valence-electron chi connectivity index (χ3n) is 6.57. The van der Waals surface area contributed by atoms with Crippen LogP contribution in [0.25, 0.3) is 22.3 Å². The van der Waals surface area contributed by atoms with Crippen LogP contribution in [0.4, 0.5) is 4.39 Å². The van der Waals surface area contributed by atoms with Crippen molar-refractivity contribution in [3.63, 3.8) is 0 Å². The topological polar surface area (TPSA) is 113 Å². The van der Waals surface area contributed by atoms with E-state index in [1.54, 1.807) is 36.4 Å². The van der Waals surface area contributed by atoms with Gasteiger partial charge in [-0.25, -0.2) is 9.07 Å². The Balaban J connectivity index is 1.61. The Hall–Kier alpha value is -4.23. The van der Waals surface area contributed by atoms with Gasteiger partial charge in [-0.3, -0.25) is 9.48 Å². The van der Waals surface area contributed by atoms with E-state index in [9.17, 15) is 15.3 Å². The Kier molecular flexibility index (Phi) is 6.39. The maximum Gasteiger partial charge on any atom is 0.267 e. The van der Waals surface area contributed by atoms with E-state index in [0.29, 0.717) is 33.9 Å². The minimum absolute atomic E-state index is 0.0295. The van der Waals surface area contributed by atoms with E-state index < -0.39 is 11.9 Å². The van der Waals surface area contributed by atoms with Crippen LogP contribution >= 0.6 is 11.6 Å². The number of methoxy groups -OCH3 is 1. The van der Waals surface area contributed by atoms with Gasteiger partial charge in [-0.2, -0.15) is 20.2 Å². The minimum atomic E-state index is -0.805. The summed E-state index contributed by atoms with van der Waals surface area (Å²) in [6, 6.07) is 7.23. The van der Waals surface area contributed by atoms with Crippen molar-refractivity contribution in [2.24, 2.45) is 13.0 Å². The molecule has 3 heterocycles. The number of nitrogens with zero attached hydrogens (tertiary/aromatic N) is 6. The Labute approximate surface area is 216 Å². The van der Waals surface area contributed by atoms with Crippen LogP contribution in [-0.2, 0) is 7.05 Å². The Morgan fingerprint density at radius 1 is 1.30 bits per heavy atom. The number of nitriles is 1. The molecule has 0 amide bonds. The van der Waals surface area contributed by atoms with E-state index in [0.717, 1.165) is 12.8 Å². The van der Waals surface area contributed by atoms with Crippen LogP contribution in [-0.4, -0.2) is 26.7 Å². The second kappa shape index (κ2) is 9.67. The van der Waals surface area contributed by atoms with E-state index in [4.69, 9.17) is 16.3 Å². The first-order chi connectivity index (χ1) is 17.8. The van der Waals surface area contributed by atoms with Crippen LogP contribution in [0.1, 0.15) is 36.6 Å². The smallest absolute Gasteiger partial charge is 0.267 e. The molecule has 37 heavy (non-hydrogen) atoms. The van der Waals surface area contributed by atoms with Gasteiger partial charge in [0.05, 0.1) is 47.8 Å². The van der Waals surface area contributed by atoms with Crippen molar-refractivity contribution in [2.45, 2.75) is 25.3 Å². The van der Waals surface area contributed by atoms with Gasteiger partial charge in [0.1, 0.15) is 11.8 Å². The van der Waals surface area contributed by atoms with Crippen LogP contribution in [0.5, 0.6) is 5.75 Å². The van der Waals surface area contributed by atoms with Crippen LogP contribution in [0.3, 0.4) is 0 Å². The summed E-state index contributed by atoms with van der Waals surface area (Å²) in [7, 11) is 2.98. The number of hydrogen-bond acceptors (Lipinski definition) is 6. The normalized spacial score (nSPS) is 13.8. The summed E-state index contributed by atoms with van der Waals surface area (Å²) < 4.78 is 24.1. The fourth-order valence-corrected chi connectivity index (χ4v) is 4.51. The quantitative estimate of drug-likeness (QED) is 0.269. The summed E-state index contributed by atoms with van der Waals surface area (Å²) in [5.74, 6) is -0.145. The van der Waals surface area contributed by atoms with Crippen molar-refractivity contribution in [1.82, 2.24) is 19.6 Å². The van der Waals surface area contributed by atoms with Gasteiger partial charge in [-0.15, -0.1) is 0 Å². The van der Waals surface area contributed by atoms with Crippen molar-refractivity contribution in [2.75, 3.05) is 7.11 Å². The molecule has 1 saturated carbocycles. The van der Waals surface area contributed by atoms with Gasteiger partial charge in [0.25, 0.3) is 5.56 Å². The summed E-state index contributed by atoms with van der Waals surface area (Å²) in [4.78, 5) is 12.0. The molecule has 1 aliphatic rings. The SMILES string of the molecule is COc1cc([C@H](CC2CC2)n2cc(-c3cnn(C)c(=O)c3)cn2)[n+]([O-])cc1-c1c(C#N)ccc(Cl)c1F. The van der Waals surface area contributed by atoms with Gasteiger partial charge in [-0.1, -0.05) is 24.4 Å². The number of ether oxygens (including phenoxy) is 1. The van der Waals surface area contributed by atoms with Crippen molar-refractivity contribution < 1.29 is 13.9 Å². The second-order valence-corrected chi connectivity index (χ2v) is 9.42. The highest BCUT2D eigenvalue weighted by Crippen LogP contribution is 2.41. The number of halogens is 2. The lowest BCUT2D eigenvalue weighted by molar-refractivity contribution is -0.615. The van der Waals surface area contributed by atoms with Gasteiger partial charge in [0, 0.05) is 36.0 Å². The average molecular weight is 521 g/mol. The molecule has 188 valence electrons. The van der Waals surface area contributed by atoms with Crippen molar-refractivity contribution >= 4 is 11.6 Å². The zero-order valence-electron chi connectivity index (χ0n) is 20.1. The average Bonchev–Trinajstić information content (AvgIpc) is 3.58. The molecule has 0 N–H and O–H groups in total. The van der Waals surface area contributed by atoms with Crippen molar-refractivity contribution in [1.29, 1.82) is 5.26 Å². The maximum absolute atomic E-state index is 15.0. The number of pyridine rings is 1. The fourth-order valence-electron chi connectivity index (χ4n) is 4.36. The Morgan fingerprint density at radius 3 is 2.73 bits per heavy atom. The molecule has 1 aromatic carbocycles. The highest BCUT2D eigenvalue weighted by Gasteiger charge is 2.33. The molecule has 1 fully saturated rings. The third-order valence-corrected chi connectivity index (χ3v) is 6.86. The molecule has 0 spiro atoms. The lowest BCUT2D eigenvalue weighted by atomic mass is 9.98. The predicted molar refractivity (Wildman–Crippen MR) is 133 cm³/mol. The summed E-state index contributed by atoms with van der Waals surface area (Å²) in [5, 5.41) is 31.3. The van der Waals surface area contributed by atoms with Crippen LogP contribution in [0.2, 0.25) is 5.02 Å². The molecular weight excluding hydrogens is 499 g/mol. The van der Waals surface area contributed by atoms with Crippen molar-refractivity contribution in [3.8, 4) is 34.1 Å². The van der Waals surface area contributed by atoms with Gasteiger partial charge in [0.2, 0.25) is 5.69 Å². The molecule has 0 bridgehead atoms. The molecule has 1 aliphatic carbocycles. The first-order valence-corrected chi connectivity index (χ1v) is 12.0. The van der Waals surface area contributed by atoms with Crippen LogP contribution in [0.15, 0.2) is 53.8 Å². The third kappa shape index (κ3) is 4.66. The molecule has 11 heteroatoms. The van der Waals surface area contributed by atoms with Crippen molar-refractivity contribution in [3.05, 3.63) is 86.7 Å². The van der Waals surface area contributed by atoms with E-state index >= 15 is 4.39 Å². The predicted octanol–water partition coefficient (Wildman–Crippen LogP) is 4.01. The highest BCUT2D eigenvalue weighted by molar-refractivity contribution is 6.31. The lowest BCUT2D eigenvalue weighted by Gasteiger charge is -2.19. The Bertz CT molecular complexity index is 1610. The first-order valence-electron chi connectivity index (χ1n) is 11.6. The monoisotopic (exact) mass is 520 g/mol.